The van der Waals surface area contributed by atoms with E-state index in [4.69, 9.17) is 27.9 Å². The highest BCUT2D eigenvalue weighted by atomic mass is 35.5. The molecule has 0 aliphatic carbocycles. The number of aromatic nitrogens is 2. The van der Waals surface area contributed by atoms with E-state index in [0.717, 1.165) is 17.7 Å². The van der Waals surface area contributed by atoms with Gasteiger partial charge in [-0.2, -0.15) is 13.2 Å². The lowest BCUT2D eigenvalue weighted by Crippen LogP contribution is -2.06. The van der Waals surface area contributed by atoms with Crippen LogP contribution in [0.5, 0.6) is 5.75 Å². The van der Waals surface area contributed by atoms with E-state index in [2.05, 4.69) is 15.5 Å². The summed E-state index contributed by atoms with van der Waals surface area (Å²) in [6.45, 7) is 0.343. The van der Waals surface area contributed by atoms with Crippen molar-refractivity contribution >= 4 is 39.8 Å². The third-order valence-corrected chi connectivity index (χ3v) is 4.31. The monoisotopic (exact) mass is 401 g/mol. The number of hydrogen-bond acceptors (Lipinski definition) is 4. The van der Waals surface area contributed by atoms with Crippen molar-refractivity contribution in [1.82, 2.24) is 10.2 Å². The van der Waals surface area contributed by atoms with Crippen LogP contribution in [-0.4, -0.2) is 17.3 Å². The molecule has 0 spiro atoms. The fourth-order valence-electron chi connectivity index (χ4n) is 2.44. The summed E-state index contributed by atoms with van der Waals surface area (Å²) in [5.41, 5.74) is 0.0420. The summed E-state index contributed by atoms with van der Waals surface area (Å²) < 4.78 is 43.8. The molecule has 136 valence electrons. The lowest BCUT2D eigenvalue weighted by atomic mass is 10.1. The molecule has 2 aromatic carbocycles. The normalized spacial score (nSPS) is 11.6. The Bertz CT molecular complexity index is 964. The molecule has 26 heavy (non-hydrogen) atoms. The number of nitrogens with one attached hydrogen (secondary N) is 1. The summed E-state index contributed by atoms with van der Waals surface area (Å²) in [6, 6.07) is 8.52. The SMILES string of the molecule is COc1ccc(CNc2nnc(Cl)c3cc(C(F)(F)F)ccc23)cc1Cl. The Morgan fingerprint density at radius 1 is 1.04 bits per heavy atom. The van der Waals surface area contributed by atoms with E-state index in [1.165, 1.54) is 13.2 Å². The van der Waals surface area contributed by atoms with Crippen LogP contribution in [0.4, 0.5) is 19.0 Å². The smallest absolute Gasteiger partial charge is 0.416 e. The van der Waals surface area contributed by atoms with Gasteiger partial charge in [0.1, 0.15) is 5.75 Å². The molecule has 9 heteroatoms. The number of hydrogen-bond donors (Lipinski definition) is 1. The number of halogens is 5. The number of fused-ring (bicyclic) bond motifs is 1. The average molecular weight is 402 g/mol. The zero-order valence-electron chi connectivity index (χ0n) is 13.4. The Kier molecular flexibility index (Phi) is 5.11. The van der Waals surface area contributed by atoms with E-state index in [0.29, 0.717) is 28.5 Å². The van der Waals surface area contributed by atoms with Crippen LogP contribution in [0.1, 0.15) is 11.1 Å². The van der Waals surface area contributed by atoms with Crippen LogP contribution in [0.3, 0.4) is 0 Å². The number of rotatable bonds is 4. The first-order chi connectivity index (χ1) is 12.3. The number of nitrogens with zero attached hydrogens (tertiary/aromatic N) is 2. The van der Waals surface area contributed by atoms with Gasteiger partial charge in [0.05, 0.1) is 17.7 Å². The van der Waals surface area contributed by atoms with E-state index in [9.17, 15) is 13.2 Å². The van der Waals surface area contributed by atoms with Crippen molar-refractivity contribution in [3.8, 4) is 5.75 Å². The fraction of sp³-hybridized carbons (Fsp3) is 0.176. The number of anilines is 1. The van der Waals surface area contributed by atoms with Crippen molar-refractivity contribution in [1.29, 1.82) is 0 Å². The van der Waals surface area contributed by atoms with Gasteiger partial charge in [0.25, 0.3) is 0 Å². The maximum atomic E-state index is 12.9. The molecule has 0 unspecified atom stereocenters. The molecule has 4 nitrogen and oxygen atoms in total. The average Bonchev–Trinajstić information content (AvgIpc) is 2.60. The van der Waals surface area contributed by atoms with Crippen LogP contribution in [-0.2, 0) is 12.7 Å². The minimum absolute atomic E-state index is 0.0934. The molecule has 1 heterocycles. The molecule has 0 radical (unpaired) electrons. The predicted octanol–water partition coefficient (Wildman–Crippen LogP) is 5.58. The van der Waals surface area contributed by atoms with Gasteiger partial charge in [0, 0.05) is 17.3 Å². The highest BCUT2D eigenvalue weighted by Gasteiger charge is 2.31. The Labute approximate surface area is 156 Å². The molecule has 1 N–H and O–H groups in total. The van der Waals surface area contributed by atoms with Crippen LogP contribution < -0.4 is 10.1 Å². The largest absolute Gasteiger partial charge is 0.495 e. The first-order valence-corrected chi connectivity index (χ1v) is 8.14. The molecule has 0 aliphatic heterocycles. The van der Waals surface area contributed by atoms with Crippen molar-refractivity contribution in [2.24, 2.45) is 0 Å². The third-order valence-electron chi connectivity index (χ3n) is 3.74. The summed E-state index contributed by atoms with van der Waals surface area (Å²) in [5.74, 6) is 0.872. The molecule has 0 atom stereocenters. The third kappa shape index (κ3) is 3.78. The van der Waals surface area contributed by atoms with Gasteiger partial charge in [-0.15, -0.1) is 10.2 Å². The molecule has 1 aromatic heterocycles. The van der Waals surface area contributed by atoms with Crippen molar-refractivity contribution in [3.63, 3.8) is 0 Å². The van der Waals surface area contributed by atoms with Crippen molar-refractivity contribution in [2.45, 2.75) is 12.7 Å². The molecule has 3 aromatic rings. The molecule has 0 fully saturated rings. The van der Waals surface area contributed by atoms with Crippen LogP contribution in [0.15, 0.2) is 36.4 Å². The highest BCUT2D eigenvalue weighted by Crippen LogP contribution is 2.34. The van der Waals surface area contributed by atoms with Crippen molar-refractivity contribution < 1.29 is 17.9 Å². The van der Waals surface area contributed by atoms with E-state index in [1.807, 2.05) is 6.07 Å². The van der Waals surface area contributed by atoms with Crippen molar-refractivity contribution in [2.75, 3.05) is 12.4 Å². The standard InChI is InChI=1S/C17H12Cl2F3N3O/c1-26-14-5-2-9(6-13(14)18)8-23-16-11-4-3-10(17(20,21)22)7-12(11)15(19)24-25-16/h2-7H,8H2,1H3,(H,23,25). The van der Waals surface area contributed by atoms with Crippen LogP contribution >= 0.6 is 23.2 Å². The second-order valence-corrected chi connectivity index (χ2v) is 6.19. The Balaban J connectivity index is 1.91. The van der Waals surface area contributed by atoms with Gasteiger partial charge >= 0.3 is 6.18 Å². The zero-order chi connectivity index (χ0) is 18.9. The Morgan fingerprint density at radius 2 is 1.81 bits per heavy atom. The Morgan fingerprint density at radius 3 is 2.46 bits per heavy atom. The summed E-state index contributed by atoms with van der Waals surface area (Å²) in [7, 11) is 1.52. The first-order valence-electron chi connectivity index (χ1n) is 7.39. The summed E-state index contributed by atoms with van der Waals surface area (Å²) >= 11 is 12.0. The van der Waals surface area contributed by atoms with E-state index in [-0.39, 0.29) is 10.5 Å². The summed E-state index contributed by atoms with van der Waals surface area (Å²) in [5, 5.41) is 11.7. The first kappa shape index (κ1) is 18.5. The maximum Gasteiger partial charge on any atom is 0.416 e. The molecule has 0 amide bonds. The second-order valence-electron chi connectivity index (χ2n) is 5.42. The topological polar surface area (TPSA) is 47.0 Å². The minimum Gasteiger partial charge on any atom is -0.495 e. The fourth-order valence-corrected chi connectivity index (χ4v) is 2.91. The molecule has 3 rings (SSSR count). The molecule has 0 bridgehead atoms. The molecule has 0 aliphatic rings. The van der Waals surface area contributed by atoms with Gasteiger partial charge in [-0.25, -0.2) is 0 Å². The van der Waals surface area contributed by atoms with Gasteiger partial charge < -0.3 is 10.1 Å². The van der Waals surface area contributed by atoms with Gasteiger partial charge in [-0.3, -0.25) is 0 Å². The zero-order valence-corrected chi connectivity index (χ0v) is 14.9. The lowest BCUT2D eigenvalue weighted by molar-refractivity contribution is -0.137. The number of methoxy groups -OCH3 is 1. The molecule has 0 saturated heterocycles. The quantitative estimate of drug-likeness (QED) is 0.619. The van der Waals surface area contributed by atoms with Crippen LogP contribution in [0.25, 0.3) is 10.8 Å². The molecule has 0 saturated carbocycles. The van der Waals surface area contributed by atoms with Gasteiger partial charge in [-0.05, 0) is 35.9 Å². The number of ether oxygens (including phenoxy) is 1. The van der Waals surface area contributed by atoms with Gasteiger partial charge in [0.2, 0.25) is 0 Å². The summed E-state index contributed by atoms with van der Waals surface area (Å²) in [6.07, 6.45) is -4.46. The van der Waals surface area contributed by atoms with Crippen molar-refractivity contribution in [3.05, 3.63) is 57.7 Å². The summed E-state index contributed by atoms with van der Waals surface area (Å²) in [4.78, 5) is 0. The van der Waals surface area contributed by atoms with E-state index < -0.39 is 11.7 Å². The van der Waals surface area contributed by atoms with Gasteiger partial charge in [0.15, 0.2) is 11.0 Å². The maximum absolute atomic E-state index is 12.9. The van der Waals surface area contributed by atoms with Crippen LogP contribution in [0.2, 0.25) is 10.2 Å². The Hall–Kier alpha value is -2.25. The van der Waals surface area contributed by atoms with Gasteiger partial charge in [-0.1, -0.05) is 29.3 Å². The van der Waals surface area contributed by atoms with E-state index in [1.54, 1.807) is 12.1 Å². The number of benzene rings is 2. The number of alkyl halides is 3. The predicted molar refractivity (Wildman–Crippen MR) is 94.9 cm³/mol. The molecular formula is C17H12Cl2F3N3O. The highest BCUT2D eigenvalue weighted by molar-refractivity contribution is 6.34. The molecular weight excluding hydrogens is 390 g/mol. The van der Waals surface area contributed by atoms with E-state index >= 15 is 0 Å². The van der Waals surface area contributed by atoms with Crippen LogP contribution in [0, 0.1) is 0 Å². The minimum atomic E-state index is -4.46. The second kappa shape index (κ2) is 7.17. The lowest BCUT2D eigenvalue weighted by Gasteiger charge is -2.12.